The van der Waals surface area contributed by atoms with E-state index in [4.69, 9.17) is 0 Å². The standard InChI is InChI=1S/C14H28O/c1-5-14(9-6-7-10-14)12(15)8-11-13(2,3)4/h12,15H,5-11H2,1-4H3. The maximum absolute atomic E-state index is 10.4. The molecular weight excluding hydrogens is 184 g/mol. The second-order valence-corrected chi connectivity index (χ2v) is 6.54. The van der Waals surface area contributed by atoms with Gasteiger partial charge >= 0.3 is 0 Å². The van der Waals surface area contributed by atoms with Gasteiger partial charge in [-0.2, -0.15) is 0 Å². The number of aliphatic hydroxyl groups excluding tert-OH is 1. The van der Waals surface area contributed by atoms with E-state index in [-0.39, 0.29) is 11.5 Å². The van der Waals surface area contributed by atoms with Gasteiger partial charge in [0, 0.05) is 0 Å². The molecule has 0 amide bonds. The van der Waals surface area contributed by atoms with Crippen LogP contribution in [-0.2, 0) is 0 Å². The molecule has 1 saturated carbocycles. The summed E-state index contributed by atoms with van der Waals surface area (Å²) in [5.41, 5.74) is 0.625. The Morgan fingerprint density at radius 2 is 1.73 bits per heavy atom. The highest BCUT2D eigenvalue weighted by Gasteiger charge is 2.38. The summed E-state index contributed by atoms with van der Waals surface area (Å²) in [6.45, 7) is 9.01. The number of aliphatic hydroxyl groups is 1. The summed E-state index contributed by atoms with van der Waals surface area (Å²) in [6, 6.07) is 0. The molecular formula is C14H28O. The van der Waals surface area contributed by atoms with Crippen LogP contribution in [0.3, 0.4) is 0 Å². The van der Waals surface area contributed by atoms with Crippen LogP contribution < -0.4 is 0 Å². The highest BCUT2D eigenvalue weighted by Crippen LogP contribution is 2.45. The van der Waals surface area contributed by atoms with Crippen molar-refractivity contribution in [3.8, 4) is 0 Å². The summed E-state index contributed by atoms with van der Waals surface area (Å²) < 4.78 is 0. The smallest absolute Gasteiger partial charge is 0.0596 e. The Bertz CT molecular complexity index is 184. The van der Waals surface area contributed by atoms with E-state index in [2.05, 4.69) is 27.7 Å². The number of hydrogen-bond donors (Lipinski definition) is 1. The van der Waals surface area contributed by atoms with Crippen molar-refractivity contribution in [1.82, 2.24) is 0 Å². The van der Waals surface area contributed by atoms with Crippen molar-refractivity contribution in [2.75, 3.05) is 0 Å². The molecule has 0 bridgehead atoms. The lowest BCUT2D eigenvalue weighted by molar-refractivity contribution is 0.0114. The van der Waals surface area contributed by atoms with Gasteiger partial charge in [0.25, 0.3) is 0 Å². The van der Waals surface area contributed by atoms with E-state index in [1.165, 1.54) is 25.7 Å². The van der Waals surface area contributed by atoms with E-state index < -0.39 is 0 Å². The van der Waals surface area contributed by atoms with E-state index in [1.54, 1.807) is 0 Å². The van der Waals surface area contributed by atoms with Gasteiger partial charge in [0.15, 0.2) is 0 Å². The average molecular weight is 212 g/mol. The van der Waals surface area contributed by atoms with Crippen LogP contribution in [0.15, 0.2) is 0 Å². The second-order valence-electron chi connectivity index (χ2n) is 6.54. The zero-order valence-electron chi connectivity index (χ0n) is 11.0. The van der Waals surface area contributed by atoms with Gasteiger partial charge in [0.05, 0.1) is 6.10 Å². The van der Waals surface area contributed by atoms with Crippen LogP contribution in [0.2, 0.25) is 0 Å². The molecule has 1 unspecified atom stereocenters. The molecule has 90 valence electrons. The normalized spacial score (nSPS) is 23.0. The predicted molar refractivity (Wildman–Crippen MR) is 65.9 cm³/mol. The zero-order chi connectivity index (χ0) is 11.5. The molecule has 1 N–H and O–H groups in total. The Morgan fingerprint density at radius 3 is 2.13 bits per heavy atom. The van der Waals surface area contributed by atoms with Gasteiger partial charge in [0.2, 0.25) is 0 Å². The Labute approximate surface area is 95.3 Å². The molecule has 1 atom stereocenters. The molecule has 0 heterocycles. The van der Waals surface area contributed by atoms with Crippen molar-refractivity contribution in [2.45, 2.75) is 78.7 Å². The van der Waals surface area contributed by atoms with Crippen LogP contribution in [-0.4, -0.2) is 11.2 Å². The van der Waals surface area contributed by atoms with Crippen LogP contribution in [0, 0.1) is 10.8 Å². The zero-order valence-corrected chi connectivity index (χ0v) is 11.0. The lowest BCUT2D eigenvalue weighted by Gasteiger charge is -2.34. The third-order valence-electron chi connectivity index (χ3n) is 4.18. The van der Waals surface area contributed by atoms with Crippen molar-refractivity contribution in [3.05, 3.63) is 0 Å². The monoisotopic (exact) mass is 212 g/mol. The molecule has 1 rings (SSSR count). The average Bonchev–Trinajstić information content (AvgIpc) is 2.62. The third-order valence-corrected chi connectivity index (χ3v) is 4.18. The second kappa shape index (κ2) is 4.86. The molecule has 1 nitrogen and oxygen atoms in total. The predicted octanol–water partition coefficient (Wildman–Crippen LogP) is 4.14. The largest absolute Gasteiger partial charge is 0.393 e. The topological polar surface area (TPSA) is 20.2 Å². The van der Waals surface area contributed by atoms with Crippen LogP contribution in [0.1, 0.15) is 72.6 Å². The van der Waals surface area contributed by atoms with Crippen molar-refractivity contribution in [3.63, 3.8) is 0 Å². The minimum absolute atomic E-state index is 0.0655. The molecule has 0 saturated heterocycles. The van der Waals surface area contributed by atoms with Gasteiger partial charge < -0.3 is 5.11 Å². The quantitative estimate of drug-likeness (QED) is 0.742. The maximum Gasteiger partial charge on any atom is 0.0596 e. The first-order valence-electron chi connectivity index (χ1n) is 6.58. The Morgan fingerprint density at radius 1 is 1.20 bits per heavy atom. The SMILES string of the molecule is CCC1(C(O)CCC(C)(C)C)CCCC1. The minimum atomic E-state index is -0.0655. The van der Waals surface area contributed by atoms with E-state index in [1.807, 2.05) is 0 Å². The molecule has 1 fully saturated rings. The molecule has 15 heavy (non-hydrogen) atoms. The van der Waals surface area contributed by atoms with E-state index in [9.17, 15) is 5.11 Å². The molecule has 0 aromatic rings. The van der Waals surface area contributed by atoms with E-state index in [0.29, 0.717) is 5.41 Å². The fourth-order valence-electron chi connectivity index (χ4n) is 2.88. The Hall–Kier alpha value is -0.0400. The molecule has 0 spiro atoms. The van der Waals surface area contributed by atoms with Crippen LogP contribution >= 0.6 is 0 Å². The van der Waals surface area contributed by atoms with E-state index in [0.717, 1.165) is 19.3 Å². The van der Waals surface area contributed by atoms with Gasteiger partial charge in [-0.1, -0.05) is 40.5 Å². The minimum Gasteiger partial charge on any atom is -0.393 e. The highest BCUT2D eigenvalue weighted by atomic mass is 16.3. The summed E-state index contributed by atoms with van der Waals surface area (Å²) in [5.74, 6) is 0. The fourth-order valence-corrected chi connectivity index (χ4v) is 2.88. The van der Waals surface area contributed by atoms with E-state index >= 15 is 0 Å². The summed E-state index contributed by atoms with van der Waals surface area (Å²) in [7, 11) is 0. The lowest BCUT2D eigenvalue weighted by atomic mass is 9.74. The highest BCUT2D eigenvalue weighted by molar-refractivity contribution is 4.90. The fraction of sp³-hybridized carbons (Fsp3) is 1.00. The van der Waals surface area contributed by atoms with Gasteiger partial charge in [-0.25, -0.2) is 0 Å². The van der Waals surface area contributed by atoms with Gasteiger partial charge in [-0.05, 0) is 42.9 Å². The van der Waals surface area contributed by atoms with Crippen molar-refractivity contribution >= 4 is 0 Å². The molecule has 1 aliphatic rings. The van der Waals surface area contributed by atoms with Gasteiger partial charge in [0.1, 0.15) is 0 Å². The van der Waals surface area contributed by atoms with Crippen molar-refractivity contribution in [2.24, 2.45) is 10.8 Å². The number of hydrogen-bond acceptors (Lipinski definition) is 1. The maximum atomic E-state index is 10.4. The summed E-state index contributed by atoms with van der Waals surface area (Å²) >= 11 is 0. The summed E-state index contributed by atoms with van der Waals surface area (Å²) in [6.07, 6.45) is 8.33. The first-order valence-corrected chi connectivity index (χ1v) is 6.58. The molecule has 0 aromatic carbocycles. The van der Waals surface area contributed by atoms with Gasteiger partial charge in [-0.3, -0.25) is 0 Å². The molecule has 0 aromatic heterocycles. The Kier molecular flexibility index (Phi) is 4.22. The Balaban J connectivity index is 2.47. The van der Waals surface area contributed by atoms with Gasteiger partial charge in [-0.15, -0.1) is 0 Å². The van der Waals surface area contributed by atoms with Crippen LogP contribution in [0.4, 0.5) is 0 Å². The molecule has 1 heteroatoms. The van der Waals surface area contributed by atoms with Crippen LogP contribution in [0.5, 0.6) is 0 Å². The van der Waals surface area contributed by atoms with Crippen LogP contribution in [0.25, 0.3) is 0 Å². The molecule has 0 radical (unpaired) electrons. The summed E-state index contributed by atoms with van der Waals surface area (Å²) in [4.78, 5) is 0. The molecule has 0 aliphatic heterocycles. The first-order chi connectivity index (χ1) is 6.90. The third kappa shape index (κ3) is 3.48. The van der Waals surface area contributed by atoms with Crippen molar-refractivity contribution < 1.29 is 5.11 Å². The lowest BCUT2D eigenvalue weighted by Crippen LogP contribution is -2.32. The summed E-state index contributed by atoms with van der Waals surface area (Å²) in [5, 5.41) is 10.4. The first kappa shape index (κ1) is 13.0. The molecule has 1 aliphatic carbocycles. The van der Waals surface area contributed by atoms with Crippen molar-refractivity contribution in [1.29, 1.82) is 0 Å². The number of rotatable bonds is 4.